The number of nitrogens with one attached hydrogen (secondary N) is 1. The van der Waals surface area contributed by atoms with Crippen molar-refractivity contribution in [2.24, 2.45) is 0 Å². The van der Waals surface area contributed by atoms with E-state index in [2.05, 4.69) is 28.2 Å². The summed E-state index contributed by atoms with van der Waals surface area (Å²) in [7, 11) is 5.53. The van der Waals surface area contributed by atoms with Gasteiger partial charge in [-0.1, -0.05) is 0 Å². The zero-order chi connectivity index (χ0) is 26.1. The smallest absolute Gasteiger partial charge is 0.254 e. The van der Waals surface area contributed by atoms with Crippen LogP contribution in [0.15, 0.2) is 36.4 Å². The zero-order valence-electron chi connectivity index (χ0n) is 22.2. The van der Waals surface area contributed by atoms with Crippen molar-refractivity contribution in [1.29, 1.82) is 0 Å². The molecule has 2 aromatic rings. The van der Waals surface area contributed by atoms with Gasteiger partial charge in [0.25, 0.3) is 5.91 Å². The van der Waals surface area contributed by atoms with Crippen LogP contribution >= 0.6 is 0 Å². The molecule has 3 aliphatic rings. The molecule has 0 aliphatic carbocycles. The Morgan fingerprint density at radius 1 is 1.00 bits per heavy atom. The fourth-order valence-electron chi connectivity index (χ4n) is 5.57. The van der Waals surface area contributed by atoms with Gasteiger partial charge in [0, 0.05) is 63.7 Å². The molecule has 0 unspecified atom stereocenters. The summed E-state index contributed by atoms with van der Waals surface area (Å²) in [6, 6.07) is 11.6. The monoisotopic (exact) mass is 507 g/mol. The van der Waals surface area contributed by atoms with E-state index in [1.807, 2.05) is 49.2 Å². The Labute approximate surface area is 218 Å². The third-order valence-electron chi connectivity index (χ3n) is 7.82. The number of rotatable bonds is 5. The Bertz CT molecular complexity index is 1160. The van der Waals surface area contributed by atoms with Crippen molar-refractivity contribution < 1.29 is 19.1 Å². The molecular weight excluding hydrogens is 470 g/mol. The first-order chi connectivity index (χ1) is 17.9. The van der Waals surface area contributed by atoms with Crippen LogP contribution in [0.25, 0.3) is 0 Å². The van der Waals surface area contributed by atoms with E-state index < -0.39 is 0 Å². The van der Waals surface area contributed by atoms with E-state index in [0.29, 0.717) is 24.5 Å². The predicted molar refractivity (Wildman–Crippen MR) is 145 cm³/mol. The van der Waals surface area contributed by atoms with Crippen LogP contribution in [0.4, 0.5) is 22.7 Å². The summed E-state index contributed by atoms with van der Waals surface area (Å²) < 4.78 is 11.3. The van der Waals surface area contributed by atoms with Gasteiger partial charge in [0.15, 0.2) is 0 Å². The number of hydrogen-bond donors (Lipinski definition) is 1. The number of likely N-dealkylation sites (N-methyl/N-ethyl adjacent to an activating group) is 2. The molecule has 2 aromatic carbocycles. The third kappa shape index (κ3) is 4.98. The van der Waals surface area contributed by atoms with Crippen LogP contribution < -0.4 is 19.9 Å². The second-order valence-corrected chi connectivity index (χ2v) is 10.2. The molecule has 2 amide bonds. The lowest BCUT2D eigenvalue weighted by atomic mass is 9.99. The number of piperazine rings is 1. The average Bonchev–Trinajstić information content (AvgIpc) is 2.93. The number of carbonyl (C=O) groups excluding carboxylic acids is 2. The molecule has 0 aromatic heterocycles. The van der Waals surface area contributed by atoms with Gasteiger partial charge in [-0.3, -0.25) is 9.59 Å². The fraction of sp³-hybridized carbons (Fsp3) is 0.500. The van der Waals surface area contributed by atoms with Gasteiger partial charge in [-0.2, -0.15) is 0 Å². The molecule has 9 heteroatoms. The molecule has 2 saturated heterocycles. The minimum absolute atomic E-state index is 0.0283. The van der Waals surface area contributed by atoms with Gasteiger partial charge in [-0.25, -0.2) is 0 Å². The third-order valence-corrected chi connectivity index (χ3v) is 7.82. The van der Waals surface area contributed by atoms with Crippen molar-refractivity contribution in [1.82, 2.24) is 9.80 Å². The molecule has 5 rings (SSSR count). The first kappa shape index (κ1) is 25.4. The highest BCUT2D eigenvalue weighted by Crippen LogP contribution is 2.41. The maximum atomic E-state index is 13.1. The van der Waals surface area contributed by atoms with Crippen molar-refractivity contribution in [3.8, 4) is 5.75 Å². The maximum absolute atomic E-state index is 13.1. The molecule has 2 fully saturated rings. The molecule has 198 valence electrons. The van der Waals surface area contributed by atoms with Gasteiger partial charge in [0.1, 0.15) is 11.8 Å². The van der Waals surface area contributed by atoms with Crippen LogP contribution in [-0.4, -0.2) is 94.3 Å². The molecular formula is C28H37N5O4. The normalized spacial score (nSPS) is 21.1. The lowest BCUT2D eigenvalue weighted by Gasteiger charge is -2.45. The van der Waals surface area contributed by atoms with Crippen molar-refractivity contribution in [3.63, 3.8) is 0 Å². The van der Waals surface area contributed by atoms with E-state index in [1.165, 1.54) is 0 Å². The van der Waals surface area contributed by atoms with Crippen molar-refractivity contribution >= 4 is 34.6 Å². The molecule has 3 aliphatic heterocycles. The predicted octanol–water partition coefficient (Wildman–Crippen LogP) is 3.18. The molecule has 9 nitrogen and oxygen atoms in total. The number of carbonyl (C=O) groups is 2. The second-order valence-electron chi connectivity index (χ2n) is 10.2. The Hall–Kier alpha value is -3.30. The fourth-order valence-corrected chi connectivity index (χ4v) is 5.57. The molecule has 0 radical (unpaired) electrons. The summed E-state index contributed by atoms with van der Waals surface area (Å²) in [5, 5.41) is 3.48. The second kappa shape index (κ2) is 10.6. The number of methoxy groups -OCH3 is 1. The summed E-state index contributed by atoms with van der Waals surface area (Å²) in [6.45, 7) is 6.62. The Kier molecular flexibility index (Phi) is 7.26. The van der Waals surface area contributed by atoms with Crippen LogP contribution in [0, 0.1) is 0 Å². The number of benzene rings is 2. The maximum Gasteiger partial charge on any atom is 0.254 e. The topological polar surface area (TPSA) is 77.6 Å². The number of nitrogens with zero attached hydrogens (tertiary/aromatic N) is 4. The lowest BCUT2D eigenvalue weighted by molar-refractivity contribution is -0.119. The van der Waals surface area contributed by atoms with Gasteiger partial charge in [-0.15, -0.1) is 0 Å². The highest BCUT2D eigenvalue weighted by molar-refractivity contribution is 6.05. The van der Waals surface area contributed by atoms with Crippen LogP contribution in [0.5, 0.6) is 5.75 Å². The standard InChI is InChI=1S/C28H37N5O4/c1-19-27(34)31(3)24-8-6-21(18-25(24)33(19)22-9-15-37-16-10-22)29-23-7-5-20(17-26(23)36-4)28(35)32-13-11-30(2)12-14-32/h5-8,17-19,22,29H,9-16H2,1-4H3/t19-/m1/s1. The quantitative estimate of drug-likeness (QED) is 0.666. The van der Waals surface area contributed by atoms with Crippen LogP contribution in [0.1, 0.15) is 30.1 Å². The molecule has 37 heavy (non-hydrogen) atoms. The molecule has 3 heterocycles. The van der Waals surface area contributed by atoms with Gasteiger partial charge in [-0.05, 0) is 63.2 Å². The first-order valence-electron chi connectivity index (χ1n) is 13.1. The summed E-state index contributed by atoms with van der Waals surface area (Å²) in [5.41, 5.74) is 4.23. The van der Waals surface area contributed by atoms with E-state index in [0.717, 1.165) is 61.8 Å². The SMILES string of the molecule is COc1cc(C(=O)N2CCN(C)CC2)ccc1Nc1ccc2c(c1)N(C1CCOCC1)[C@H](C)C(=O)N2C. The minimum Gasteiger partial charge on any atom is -0.495 e. The summed E-state index contributed by atoms with van der Waals surface area (Å²) in [5.74, 6) is 0.738. The molecule has 1 N–H and O–H groups in total. The Balaban J connectivity index is 1.41. The number of fused-ring (bicyclic) bond motifs is 1. The van der Waals surface area contributed by atoms with Crippen LogP contribution in [0.2, 0.25) is 0 Å². The minimum atomic E-state index is -0.245. The number of amides is 2. The van der Waals surface area contributed by atoms with Gasteiger partial charge in [0.2, 0.25) is 5.91 Å². The van der Waals surface area contributed by atoms with E-state index in [4.69, 9.17) is 9.47 Å². The van der Waals surface area contributed by atoms with Gasteiger partial charge < -0.3 is 34.4 Å². The van der Waals surface area contributed by atoms with Crippen molar-refractivity contribution in [3.05, 3.63) is 42.0 Å². The number of anilines is 4. The van der Waals surface area contributed by atoms with E-state index in [-0.39, 0.29) is 23.9 Å². The van der Waals surface area contributed by atoms with E-state index >= 15 is 0 Å². The molecule has 1 atom stereocenters. The average molecular weight is 508 g/mol. The van der Waals surface area contributed by atoms with Crippen LogP contribution in [0.3, 0.4) is 0 Å². The van der Waals surface area contributed by atoms with Crippen LogP contribution in [-0.2, 0) is 9.53 Å². The Morgan fingerprint density at radius 2 is 1.73 bits per heavy atom. The lowest BCUT2D eigenvalue weighted by Crippen LogP contribution is -2.55. The van der Waals surface area contributed by atoms with E-state index in [1.54, 1.807) is 12.0 Å². The zero-order valence-corrected chi connectivity index (χ0v) is 22.2. The molecule has 0 saturated carbocycles. The largest absolute Gasteiger partial charge is 0.495 e. The highest BCUT2D eigenvalue weighted by atomic mass is 16.5. The van der Waals surface area contributed by atoms with Crippen molar-refractivity contribution in [2.45, 2.75) is 31.8 Å². The van der Waals surface area contributed by atoms with Gasteiger partial charge >= 0.3 is 0 Å². The van der Waals surface area contributed by atoms with E-state index in [9.17, 15) is 9.59 Å². The van der Waals surface area contributed by atoms with Gasteiger partial charge in [0.05, 0.1) is 24.2 Å². The summed E-state index contributed by atoms with van der Waals surface area (Å²) >= 11 is 0. The van der Waals surface area contributed by atoms with Crippen molar-refractivity contribution in [2.75, 3.05) is 75.7 Å². The Morgan fingerprint density at radius 3 is 2.43 bits per heavy atom. The molecule has 0 bridgehead atoms. The number of ether oxygens (including phenoxy) is 2. The summed E-state index contributed by atoms with van der Waals surface area (Å²) in [4.78, 5) is 34.2. The first-order valence-corrected chi connectivity index (χ1v) is 13.1. The number of hydrogen-bond acceptors (Lipinski definition) is 7. The highest BCUT2D eigenvalue weighted by Gasteiger charge is 2.38. The molecule has 0 spiro atoms. The summed E-state index contributed by atoms with van der Waals surface area (Å²) in [6.07, 6.45) is 1.80.